The van der Waals surface area contributed by atoms with Gasteiger partial charge in [0.15, 0.2) is 0 Å². The molecule has 0 amide bonds. The lowest BCUT2D eigenvalue weighted by Crippen LogP contribution is -2.14. The molecule has 16 heavy (non-hydrogen) atoms. The van der Waals surface area contributed by atoms with Crippen LogP contribution >= 0.6 is 27.3 Å². The molecule has 0 atom stereocenters. The molecule has 0 aromatic carbocycles. The van der Waals surface area contributed by atoms with E-state index in [2.05, 4.69) is 50.5 Å². The van der Waals surface area contributed by atoms with Gasteiger partial charge in [-0.1, -0.05) is 50.5 Å². The van der Waals surface area contributed by atoms with Gasteiger partial charge in [0.1, 0.15) is 0 Å². The molecule has 1 rings (SSSR count). The third-order valence-electron chi connectivity index (χ3n) is 2.88. The van der Waals surface area contributed by atoms with Crippen molar-refractivity contribution in [3.8, 4) is 0 Å². The lowest BCUT2D eigenvalue weighted by Gasteiger charge is -2.17. The first-order chi connectivity index (χ1) is 7.43. The molecule has 0 fully saturated rings. The summed E-state index contributed by atoms with van der Waals surface area (Å²) in [7, 11) is 0. The van der Waals surface area contributed by atoms with E-state index >= 15 is 0 Å². The highest BCUT2D eigenvalue weighted by Crippen LogP contribution is 2.35. The lowest BCUT2D eigenvalue weighted by atomic mass is 9.91. The van der Waals surface area contributed by atoms with Crippen molar-refractivity contribution >= 4 is 27.3 Å². The van der Waals surface area contributed by atoms with Crippen molar-refractivity contribution in [2.24, 2.45) is 0 Å². The van der Waals surface area contributed by atoms with E-state index in [0.29, 0.717) is 5.92 Å². The minimum absolute atomic E-state index is 0.157. The van der Waals surface area contributed by atoms with Gasteiger partial charge in [-0.3, -0.25) is 0 Å². The van der Waals surface area contributed by atoms with Gasteiger partial charge in [0.2, 0.25) is 0 Å². The van der Waals surface area contributed by atoms with Crippen molar-refractivity contribution in [1.29, 1.82) is 0 Å². The molecule has 0 aliphatic heterocycles. The zero-order chi connectivity index (χ0) is 12.3. The molecule has 3 heteroatoms. The van der Waals surface area contributed by atoms with E-state index in [9.17, 15) is 0 Å². The first-order valence-corrected chi connectivity index (χ1v) is 7.93. The van der Waals surface area contributed by atoms with Crippen LogP contribution in [0.4, 0.5) is 0 Å². The maximum atomic E-state index is 4.88. The number of alkyl halides is 1. The monoisotopic (exact) mass is 303 g/mol. The van der Waals surface area contributed by atoms with E-state index in [1.165, 1.54) is 28.4 Å². The Balaban J connectivity index is 3.12. The Morgan fingerprint density at radius 3 is 2.12 bits per heavy atom. The first kappa shape index (κ1) is 14.2. The van der Waals surface area contributed by atoms with E-state index in [4.69, 9.17) is 4.98 Å². The Labute approximate surface area is 112 Å². The van der Waals surface area contributed by atoms with Gasteiger partial charge in [0.25, 0.3) is 0 Å². The molecule has 0 radical (unpaired) electrons. The summed E-state index contributed by atoms with van der Waals surface area (Å²) in [6.45, 7) is 11.2. The molecule has 0 saturated heterocycles. The zero-order valence-electron chi connectivity index (χ0n) is 10.9. The Bertz CT molecular complexity index is 334. The quantitative estimate of drug-likeness (QED) is 0.693. The van der Waals surface area contributed by atoms with Crippen LogP contribution in [0.5, 0.6) is 0 Å². The lowest BCUT2D eigenvalue weighted by molar-refractivity contribution is 0.558. The highest BCUT2D eigenvalue weighted by Gasteiger charge is 2.24. The van der Waals surface area contributed by atoms with Crippen LogP contribution in [0.1, 0.15) is 69.0 Å². The van der Waals surface area contributed by atoms with Crippen LogP contribution in [0.3, 0.4) is 0 Å². The van der Waals surface area contributed by atoms with Crippen LogP contribution in [0.25, 0.3) is 0 Å². The van der Waals surface area contributed by atoms with Crippen molar-refractivity contribution in [2.75, 3.05) is 0 Å². The van der Waals surface area contributed by atoms with Gasteiger partial charge in [-0.2, -0.15) is 0 Å². The van der Waals surface area contributed by atoms with Gasteiger partial charge >= 0.3 is 0 Å². The summed E-state index contributed by atoms with van der Waals surface area (Å²) in [6.07, 6.45) is 2.38. The largest absolute Gasteiger partial charge is 0.245 e. The second-order valence-corrected chi connectivity index (χ2v) is 6.90. The predicted molar refractivity (Wildman–Crippen MR) is 76.8 cm³/mol. The van der Waals surface area contributed by atoms with Gasteiger partial charge in [0.05, 0.1) is 10.7 Å². The van der Waals surface area contributed by atoms with E-state index in [-0.39, 0.29) is 5.41 Å². The van der Waals surface area contributed by atoms with Crippen LogP contribution in [0, 0.1) is 0 Å². The molecule has 0 N–H and O–H groups in total. The summed E-state index contributed by atoms with van der Waals surface area (Å²) in [5.41, 5.74) is 1.43. The predicted octanol–water partition coefficient (Wildman–Crippen LogP) is 5.24. The maximum Gasteiger partial charge on any atom is 0.0962 e. The summed E-state index contributed by atoms with van der Waals surface area (Å²) >= 11 is 5.46. The number of aromatic nitrogens is 1. The van der Waals surface area contributed by atoms with Crippen molar-refractivity contribution in [3.05, 3.63) is 15.6 Å². The van der Waals surface area contributed by atoms with Crippen LogP contribution in [-0.2, 0) is 10.7 Å². The molecule has 1 heterocycles. The molecule has 0 unspecified atom stereocenters. The van der Waals surface area contributed by atoms with Crippen LogP contribution in [0.2, 0.25) is 0 Å². The Morgan fingerprint density at radius 1 is 1.25 bits per heavy atom. The Morgan fingerprint density at radius 2 is 1.81 bits per heavy atom. The van der Waals surface area contributed by atoms with Gasteiger partial charge in [-0.25, -0.2) is 4.98 Å². The van der Waals surface area contributed by atoms with Crippen molar-refractivity contribution < 1.29 is 0 Å². The molecular formula is C13H22BrNS. The van der Waals surface area contributed by atoms with Gasteiger partial charge in [-0.15, -0.1) is 11.3 Å². The van der Waals surface area contributed by atoms with E-state index in [0.717, 1.165) is 5.33 Å². The zero-order valence-corrected chi connectivity index (χ0v) is 13.3. The molecule has 0 aliphatic carbocycles. The van der Waals surface area contributed by atoms with Crippen molar-refractivity contribution in [1.82, 2.24) is 4.98 Å². The number of halogens is 1. The number of thiazole rings is 1. The van der Waals surface area contributed by atoms with Gasteiger partial charge in [0, 0.05) is 21.5 Å². The maximum absolute atomic E-state index is 4.88. The van der Waals surface area contributed by atoms with Gasteiger partial charge < -0.3 is 0 Å². The molecule has 0 bridgehead atoms. The average Bonchev–Trinajstić information content (AvgIpc) is 2.63. The topological polar surface area (TPSA) is 12.9 Å². The highest BCUT2D eigenvalue weighted by molar-refractivity contribution is 9.08. The fraction of sp³-hybridized carbons (Fsp3) is 0.769. The molecule has 0 spiro atoms. The van der Waals surface area contributed by atoms with E-state index in [1.807, 2.05) is 11.3 Å². The first-order valence-electron chi connectivity index (χ1n) is 6.00. The summed E-state index contributed by atoms with van der Waals surface area (Å²) in [4.78, 5) is 6.28. The van der Waals surface area contributed by atoms with E-state index in [1.54, 1.807) is 0 Å². The van der Waals surface area contributed by atoms with Crippen molar-refractivity contribution in [2.45, 2.75) is 64.1 Å². The third-order valence-corrected chi connectivity index (χ3v) is 5.03. The average molecular weight is 304 g/mol. The highest BCUT2D eigenvalue weighted by atomic mass is 79.9. The van der Waals surface area contributed by atoms with Crippen LogP contribution < -0.4 is 0 Å². The molecule has 0 saturated carbocycles. The molecule has 92 valence electrons. The summed E-state index contributed by atoms with van der Waals surface area (Å²) in [5.74, 6) is 0.638. The van der Waals surface area contributed by atoms with Gasteiger partial charge in [-0.05, 0) is 12.8 Å². The number of hydrogen-bond donors (Lipinski definition) is 0. The molecule has 1 nitrogen and oxygen atoms in total. The molecular weight excluding hydrogens is 282 g/mol. The van der Waals surface area contributed by atoms with Crippen molar-refractivity contribution in [3.63, 3.8) is 0 Å². The minimum atomic E-state index is 0.157. The second kappa shape index (κ2) is 5.63. The molecule has 1 aromatic heterocycles. The summed E-state index contributed by atoms with van der Waals surface area (Å²) < 4.78 is 0. The summed E-state index contributed by atoms with van der Waals surface area (Å²) in [5, 5.41) is 2.25. The smallest absolute Gasteiger partial charge is 0.0962 e. The number of hydrogen-bond acceptors (Lipinski definition) is 2. The molecule has 1 aromatic rings. The standard InChI is InChI=1S/C13H22BrNS/c1-6-9(7-2)12-15-11(13(3,4)5)10(8-14)16-12/h9H,6-8H2,1-5H3. The Kier molecular flexibility index (Phi) is 4.99. The third kappa shape index (κ3) is 3.07. The second-order valence-electron chi connectivity index (χ2n) is 5.22. The Hall–Kier alpha value is 0.110. The van der Waals surface area contributed by atoms with E-state index < -0.39 is 0 Å². The normalized spacial score (nSPS) is 12.4. The SMILES string of the molecule is CCC(CC)c1nc(C(C)(C)C)c(CBr)s1. The fourth-order valence-corrected chi connectivity index (χ4v) is 3.86. The molecule has 0 aliphatic rings. The number of rotatable bonds is 4. The number of nitrogens with zero attached hydrogens (tertiary/aromatic N) is 1. The minimum Gasteiger partial charge on any atom is -0.245 e. The summed E-state index contributed by atoms with van der Waals surface area (Å²) in [6, 6.07) is 0. The van der Waals surface area contributed by atoms with Crippen LogP contribution in [0.15, 0.2) is 0 Å². The van der Waals surface area contributed by atoms with Crippen LogP contribution in [-0.4, -0.2) is 4.98 Å². The fourth-order valence-electron chi connectivity index (χ4n) is 1.86.